The van der Waals surface area contributed by atoms with E-state index in [1.807, 2.05) is 18.2 Å². The van der Waals surface area contributed by atoms with Gasteiger partial charge in [0, 0.05) is 30.0 Å². The van der Waals surface area contributed by atoms with Crippen LogP contribution in [0.25, 0.3) is 0 Å². The Labute approximate surface area is 128 Å². The first-order valence-corrected chi connectivity index (χ1v) is 8.68. The van der Waals surface area contributed by atoms with E-state index in [-0.39, 0.29) is 17.4 Å². The quantitative estimate of drug-likeness (QED) is 0.813. The highest BCUT2D eigenvalue weighted by atomic mass is 32.2. The van der Waals surface area contributed by atoms with Crippen LogP contribution in [0.2, 0.25) is 0 Å². The molecule has 0 aliphatic carbocycles. The summed E-state index contributed by atoms with van der Waals surface area (Å²) in [7, 11) is -2.00. The van der Waals surface area contributed by atoms with Crippen molar-refractivity contribution in [3.63, 3.8) is 0 Å². The number of rotatable bonds is 7. The normalized spacial score (nSPS) is 11.5. The number of aliphatic hydroxyl groups excluding tert-OH is 1. The van der Waals surface area contributed by atoms with E-state index in [0.29, 0.717) is 12.2 Å². The Morgan fingerprint density at radius 2 is 2.00 bits per heavy atom. The Hall–Kier alpha value is -1.41. The van der Waals surface area contributed by atoms with Crippen molar-refractivity contribution in [2.24, 2.45) is 0 Å². The third-order valence-corrected chi connectivity index (χ3v) is 5.94. The summed E-state index contributed by atoms with van der Waals surface area (Å²) in [6.45, 7) is 0.175. The van der Waals surface area contributed by atoms with Gasteiger partial charge in [-0.25, -0.2) is 13.1 Å². The Morgan fingerprint density at radius 3 is 2.71 bits per heavy atom. The minimum absolute atomic E-state index is 0.00858. The molecule has 114 valence electrons. The molecule has 0 atom stereocenters. The lowest BCUT2D eigenvalue weighted by Gasteiger charge is -2.09. The molecule has 2 N–H and O–H groups in total. The molecule has 0 spiro atoms. The van der Waals surface area contributed by atoms with Gasteiger partial charge in [-0.1, -0.05) is 18.2 Å². The van der Waals surface area contributed by atoms with Crippen LogP contribution in [0.4, 0.5) is 0 Å². The molecule has 2 rings (SSSR count). The number of para-hydroxylation sites is 1. The molecule has 0 amide bonds. The molecule has 0 saturated carbocycles. The van der Waals surface area contributed by atoms with Gasteiger partial charge in [-0.05, 0) is 18.2 Å². The molecule has 21 heavy (non-hydrogen) atoms. The summed E-state index contributed by atoms with van der Waals surface area (Å²) < 4.78 is 32.4. The van der Waals surface area contributed by atoms with Crippen LogP contribution in [0.15, 0.2) is 40.6 Å². The minimum Gasteiger partial charge on any atom is -0.496 e. The topological polar surface area (TPSA) is 75.6 Å². The van der Waals surface area contributed by atoms with Crippen molar-refractivity contribution >= 4 is 21.4 Å². The number of hydrogen-bond donors (Lipinski definition) is 2. The Balaban J connectivity index is 2.10. The van der Waals surface area contributed by atoms with Gasteiger partial charge in [0.15, 0.2) is 0 Å². The molecule has 0 unspecified atom stereocenters. The second-order valence-corrected chi connectivity index (χ2v) is 7.49. The maximum atomic E-state index is 12.2. The predicted molar refractivity (Wildman–Crippen MR) is 82.1 cm³/mol. The van der Waals surface area contributed by atoms with E-state index < -0.39 is 10.0 Å². The predicted octanol–water partition coefficient (Wildman–Crippen LogP) is 1.77. The molecular formula is C14H17NO4S2. The number of hydrogen-bond acceptors (Lipinski definition) is 5. The molecule has 1 aromatic carbocycles. The van der Waals surface area contributed by atoms with E-state index in [1.165, 1.54) is 11.3 Å². The summed E-state index contributed by atoms with van der Waals surface area (Å²) in [6, 6.07) is 10.5. The smallest absolute Gasteiger partial charge is 0.250 e. The number of methoxy groups -OCH3 is 1. The van der Waals surface area contributed by atoms with Crippen LogP contribution in [-0.2, 0) is 23.0 Å². The van der Waals surface area contributed by atoms with Crippen LogP contribution >= 0.6 is 11.3 Å². The number of aliphatic hydroxyl groups is 1. The van der Waals surface area contributed by atoms with Crippen molar-refractivity contribution in [3.8, 4) is 5.75 Å². The summed E-state index contributed by atoms with van der Waals surface area (Å²) in [5.41, 5.74) is 0.774. The highest BCUT2D eigenvalue weighted by Crippen LogP contribution is 2.23. The molecule has 0 aliphatic rings. The second kappa shape index (κ2) is 7.04. The Bertz CT molecular complexity index is 695. The first-order valence-electron chi connectivity index (χ1n) is 6.38. The standard InChI is InChI=1S/C14H17NO4S2/c1-19-13-5-3-2-4-11(13)10-15-21(17,18)14-7-6-12(20-14)8-9-16/h2-7,15-16H,8-10H2,1H3. The Kier molecular flexibility index (Phi) is 5.35. The summed E-state index contributed by atoms with van der Waals surface area (Å²) in [6.07, 6.45) is 0.465. The minimum atomic E-state index is -3.55. The molecule has 5 nitrogen and oxygen atoms in total. The molecule has 1 aromatic heterocycles. The number of benzene rings is 1. The molecule has 0 bridgehead atoms. The average Bonchev–Trinajstić information content (AvgIpc) is 2.95. The third-order valence-electron chi connectivity index (χ3n) is 2.91. The lowest BCUT2D eigenvalue weighted by molar-refractivity contribution is 0.300. The van der Waals surface area contributed by atoms with Crippen LogP contribution in [0.1, 0.15) is 10.4 Å². The van der Waals surface area contributed by atoms with Gasteiger partial charge < -0.3 is 9.84 Å². The van der Waals surface area contributed by atoms with E-state index in [4.69, 9.17) is 9.84 Å². The monoisotopic (exact) mass is 327 g/mol. The zero-order valence-corrected chi connectivity index (χ0v) is 13.2. The van der Waals surface area contributed by atoms with Crippen molar-refractivity contribution in [2.75, 3.05) is 13.7 Å². The van der Waals surface area contributed by atoms with Crippen molar-refractivity contribution in [1.29, 1.82) is 0 Å². The Morgan fingerprint density at radius 1 is 1.24 bits per heavy atom. The zero-order chi connectivity index (χ0) is 15.3. The number of ether oxygens (including phenoxy) is 1. The molecule has 1 heterocycles. The van der Waals surface area contributed by atoms with Crippen LogP contribution < -0.4 is 9.46 Å². The van der Waals surface area contributed by atoms with Gasteiger partial charge in [0.2, 0.25) is 10.0 Å². The first-order chi connectivity index (χ1) is 10.1. The van der Waals surface area contributed by atoms with Gasteiger partial charge >= 0.3 is 0 Å². The lowest BCUT2D eigenvalue weighted by atomic mass is 10.2. The van der Waals surface area contributed by atoms with E-state index in [2.05, 4.69) is 4.72 Å². The van der Waals surface area contributed by atoms with Crippen LogP contribution in [0, 0.1) is 0 Å². The summed E-state index contributed by atoms with van der Waals surface area (Å²) in [5, 5.41) is 8.87. The molecule has 0 radical (unpaired) electrons. The summed E-state index contributed by atoms with van der Waals surface area (Å²) in [5.74, 6) is 0.646. The molecule has 0 aliphatic heterocycles. The zero-order valence-electron chi connectivity index (χ0n) is 11.6. The van der Waals surface area contributed by atoms with Gasteiger partial charge in [-0.15, -0.1) is 11.3 Å². The molecule has 7 heteroatoms. The maximum Gasteiger partial charge on any atom is 0.250 e. The molecule has 0 fully saturated rings. The molecule has 2 aromatic rings. The van der Waals surface area contributed by atoms with Crippen LogP contribution in [0.3, 0.4) is 0 Å². The SMILES string of the molecule is COc1ccccc1CNS(=O)(=O)c1ccc(CCO)s1. The van der Waals surface area contributed by atoms with E-state index in [0.717, 1.165) is 10.4 Å². The molecule has 0 saturated heterocycles. The van der Waals surface area contributed by atoms with Gasteiger partial charge in [-0.2, -0.15) is 0 Å². The van der Waals surface area contributed by atoms with E-state index in [1.54, 1.807) is 25.3 Å². The van der Waals surface area contributed by atoms with Gasteiger partial charge in [0.1, 0.15) is 9.96 Å². The molecular weight excluding hydrogens is 310 g/mol. The fourth-order valence-corrected chi connectivity index (χ4v) is 4.24. The van der Waals surface area contributed by atoms with Crippen molar-refractivity contribution in [3.05, 3.63) is 46.8 Å². The van der Waals surface area contributed by atoms with Crippen LogP contribution in [-0.4, -0.2) is 27.2 Å². The number of sulfonamides is 1. The summed E-state index contributed by atoms with van der Waals surface area (Å²) >= 11 is 1.17. The van der Waals surface area contributed by atoms with Crippen molar-refractivity contribution < 1.29 is 18.3 Å². The first kappa shape index (κ1) is 16.0. The van der Waals surface area contributed by atoms with Crippen molar-refractivity contribution in [2.45, 2.75) is 17.2 Å². The average molecular weight is 327 g/mol. The highest BCUT2D eigenvalue weighted by Gasteiger charge is 2.17. The van der Waals surface area contributed by atoms with E-state index in [9.17, 15) is 8.42 Å². The maximum absolute atomic E-state index is 12.2. The van der Waals surface area contributed by atoms with Crippen LogP contribution in [0.5, 0.6) is 5.75 Å². The lowest BCUT2D eigenvalue weighted by Crippen LogP contribution is -2.22. The van der Waals surface area contributed by atoms with Crippen molar-refractivity contribution in [1.82, 2.24) is 4.72 Å². The van der Waals surface area contributed by atoms with Gasteiger partial charge in [0.25, 0.3) is 0 Å². The fourth-order valence-electron chi connectivity index (χ4n) is 1.84. The van der Waals surface area contributed by atoms with Gasteiger partial charge in [-0.3, -0.25) is 0 Å². The second-order valence-electron chi connectivity index (χ2n) is 4.33. The number of nitrogens with one attached hydrogen (secondary N) is 1. The number of thiophene rings is 1. The fraction of sp³-hybridized carbons (Fsp3) is 0.286. The summed E-state index contributed by atoms with van der Waals surface area (Å²) in [4.78, 5) is 0.843. The largest absolute Gasteiger partial charge is 0.496 e. The van der Waals surface area contributed by atoms with E-state index >= 15 is 0 Å². The van der Waals surface area contributed by atoms with Gasteiger partial charge in [0.05, 0.1) is 7.11 Å². The third kappa shape index (κ3) is 4.04. The highest BCUT2D eigenvalue weighted by molar-refractivity contribution is 7.91.